The fourth-order valence-electron chi connectivity index (χ4n) is 1.68. The van der Waals surface area contributed by atoms with Gasteiger partial charge in [0.2, 0.25) is 0 Å². The maximum atomic E-state index is 5.15. The lowest BCUT2D eigenvalue weighted by Crippen LogP contribution is -2.24. The predicted octanol–water partition coefficient (Wildman–Crippen LogP) is 2.22. The molecular weight excluding hydrogens is 244 g/mol. The highest BCUT2D eigenvalue weighted by Crippen LogP contribution is 2.26. The summed E-state index contributed by atoms with van der Waals surface area (Å²) in [6.45, 7) is 0. The molecule has 18 heavy (non-hydrogen) atoms. The van der Waals surface area contributed by atoms with Crippen LogP contribution in [0.25, 0.3) is 10.9 Å². The number of hydrogen-bond acceptors (Lipinski definition) is 3. The summed E-state index contributed by atoms with van der Waals surface area (Å²) in [6, 6.07) is 9.99. The smallest absolute Gasteiger partial charge is 0.170 e. The van der Waals surface area contributed by atoms with Crippen LogP contribution in [0.3, 0.4) is 0 Å². The van der Waals surface area contributed by atoms with Gasteiger partial charge in [-0.05, 0) is 18.3 Å². The zero-order chi connectivity index (χ0) is 13.1. The number of aromatic nitrogens is 1. The maximum absolute atomic E-state index is 5.15. The van der Waals surface area contributed by atoms with Gasteiger partial charge in [-0.15, -0.1) is 0 Å². The molecule has 0 saturated carbocycles. The van der Waals surface area contributed by atoms with E-state index in [0.29, 0.717) is 5.11 Å². The fourth-order valence-corrected chi connectivity index (χ4v) is 1.79. The molecule has 4 nitrogen and oxygen atoms in total. The van der Waals surface area contributed by atoms with Crippen LogP contribution in [0.15, 0.2) is 30.3 Å². The van der Waals surface area contributed by atoms with E-state index in [-0.39, 0.29) is 0 Å². The minimum atomic E-state index is 0.594. The van der Waals surface area contributed by atoms with Crippen LogP contribution in [-0.4, -0.2) is 31.2 Å². The molecule has 0 saturated heterocycles. The van der Waals surface area contributed by atoms with Crippen molar-refractivity contribution in [3.63, 3.8) is 0 Å². The Morgan fingerprint density at radius 3 is 2.67 bits per heavy atom. The van der Waals surface area contributed by atoms with Crippen LogP contribution in [0.5, 0.6) is 0 Å². The third-order valence-electron chi connectivity index (χ3n) is 2.64. The number of benzene rings is 1. The van der Waals surface area contributed by atoms with E-state index < -0.39 is 0 Å². The molecule has 0 radical (unpaired) electrons. The zero-order valence-corrected chi connectivity index (χ0v) is 11.5. The predicted molar refractivity (Wildman–Crippen MR) is 81.4 cm³/mol. The average molecular weight is 260 g/mol. The van der Waals surface area contributed by atoms with Crippen LogP contribution in [0, 0.1) is 0 Å². The fraction of sp³-hybridized carbons (Fsp3) is 0.231. The van der Waals surface area contributed by atoms with Crippen molar-refractivity contribution in [1.82, 2.24) is 10.3 Å². The first kappa shape index (κ1) is 12.6. The molecule has 2 N–H and O–H groups in total. The van der Waals surface area contributed by atoms with Crippen molar-refractivity contribution in [2.45, 2.75) is 0 Å². The number of hydrogen-bond donors (Lipinski definition) is 2. The minimum Gasteiger partial charge on any atom is -0.366 e. The van der Waals surface area contributed by atoms with Gasteiger partial charge in [0.25, 0.3) is 0 Å². The first-order valence-corrected chi connectivity index (χ1v) is 6.08. The summed E-state index contributed by atoms with van der Waals surface area (Å²) in [5.74, 6) is 0.898. The Morgan fingerprint density at radius 1 is 1.28 bits per heavy atom. The number of nitrogens with zero attached hydrogens (tertiary/aromatic N) is 2. The summed E-state index contributed by atoms with van der Waals surface area (Å²) in [7, 11) is 5.74. The first-order chi connectivity index (χ1) is 8.61. The van der Waals surface area contributed by atoms with Crippen LogP contribution in [0.1, 0.15) is 0 Å². The van der Waals surface area contributed by atoms with Gasteiger partial charge in [0.05, 0.1) is 11.2 Å². The molecule has 1 aromatic carbocycles. The SMILES string of the molecule is CNC(=S)Nc1cc(N(C)C)nc2ccccc12. The number of fused-ring (bicyclic) bond motifs is 1. The maximum Gasteiger partial charge on any atom is 0.170 e. The van der Waals surface area contributed by atoms with E-state index in [2.05, 4.69) is 15.6 Å². The monoisotopic (exact) mass is 260 g/mol. The molecule has 2 aromatic rings. The van der Waals surface area contributed by atoms with E-state index in [4.69, 9.17) is 12.2 Å². The molecule has 0 bridgehead atoms. The van der Waals surface area contributed by atoms with Gasteiger partial charge in [0.1, 0.15) is 5.82 Å². The molecule has 0 atom stereocenters. The van der Waals surface area contributed by atoms with Crippen molar-refractivity contribution in [2.24, 2.45) is 0 Å². The molecule has 2 rings (SSSR count). The zero-order valence-electron chi connectivity index (χ0n) is 10.7. The Balaban J connectivity index is 2.57. The Bertz CT molecular complexity index is 580. The van der Waals surface area contributed by atoms with Gasteiger partial charge in [0.15, 0.2) is 5.11 Å². The summed E-state index contributed by atoms with van der Waals surface area (Å²) in [4.78, 5) is 6.56. The molecule has 1 aromatic heterocycles. The van der Waals surface area contributed by atoms with Gasteiger partial charge >= 0.3 is 0 Å². The second kappa shape index (κ2) is 5.18. The number of anilines is 2. The standard InChI is InChI=1S/C13H16N4S/c1-14-13(18)16-11-8-12(17(2)3)15-10-7-5-4-6-9(10)11/h4-8H,1-3H3,(H2,14,15,16,18). The highest BCUT2D eigenvalue weighted by atomic mass is 32.1. The summed E-state index contributed by atoms with van der Waals surface area (Å²) < 4.78 is 0. The van der Waals surface area contributed by atoms with Crippen LogP contribution < -0.4 is 15.5 Å². The van der Waals surface area contributed by atoms with Crippen LogP contribution in [-0.2, 0) is 0 Å². The van der Waals surface area contributed by atoms with Crippen molar-refractivity contribution in [3.8, 4) is 0 Å². The van der Waals surface area contributed by atoms with E-state index in [0.717, 1.165) is 22.4 Å². The van der Waals surface area contributed by atoms with E-state index in [1.165, 1.54) is 0 Å². The highest BCUT2D eigenvalue weighted by molar-refractivity contribution is 7.80. The lowest BCUT2D eigenvalue weighted by atomic mass is 10.2. The van der Waals surface area contributed by atoms with Crippen molar-refractivity contribution in [1.29, 1.82) is 0 Å². The second-order valence-electron chi connectivity index (χ2n) is 4.14. The van der Waals surface area contributed by atoms with Crippen molar-refractivity contribution in [3.05, 3.63) is 30.3 Å². The third kappa shape index (κ3) is 2.51. The normalized spacial score (nSPS) is 10.2. The lowest BCUT2D eigenvalue weighted by Gasteiger charge is -2.16. The molecule has 94 valence electrons. The van der Waals surface area contributed by atoms with E-state index in [1.54, 1.807) is 7.05 Å². The molecule has 0 amide bonds. The Hall–Kier alpha value is -1.88. The largest absolute Gasteiger partial charge is 0.366 e. The first-order valence-electron chi connectivity index (χ1n) is 5.67. The number of pyridine rings is 1. The molecule has 5 heteroatoms. The van der Waals surface area contributed by atoms with E-state index >= 15 is 0 Å². The number of nitrogens with one attached hydrogen (secondary N) is 2. The molecule has 0 fully saturated rings. The molecular formula is C13H16N4S. The van der Waals surface area contributed by atoms with Gasteiger partial charge in [-0.3, -0.25) is 0 Å². The van der Waals surface area contributed by atoms with Crippen molar-refractivity contribution in [2.75, 3.05) is 31.4 Å². The molecule has 0 aliphatic heterocycles. The van der Waals surface area contributed by atoms with Crippen LogP contribution >= 0.6 is 12.2 Å². The molecule has 0 unspecified atom stereocenters. The van der Waals surface area contributed by atoms with E-state index in [1.807, 2.05) is 49.3 Å². The second-order valence-corrected chi connectivity index (χ2v) is 4.55. The highest BCUT2D eigenvalue weighted by Gasteiger charge is 2.07. The van der Waals surface area contributed by atoms with Gasteiger partial charge in [-0.2, -0.15) is 0 Å². The summed E-state index contributed by atoms with van der Waals surface area (Å²) in [5.41, 5.74) is 1.91. The number of thiocarbonyl (C=S) groups is 1. The molecule has 0 aliphatic rings. The number of para-hydroxylation sites is 1. The summed E-state index contributed by atoms with van der Waals surface area (Å²) in [6.07, 6.45) is 0. The van der Waals surface area contributed by atoms with Crippen molar-refractivity contribution < 1.29 is 0 Å². The van der Waals surface area contributed by atoms with Crippen LogP contribution in [0.4, 0.5) is 11.5 Å². The third-order valence-corrected chi connectivity index (χ3v) is 2.94. The summed E-state index contributed by atoms with van der Waals surface area (Å²) >= 11 is 5.15. The Morgan fingerprint density at radius 2 is 2.00 bits per heavy atom. The molecule has 1 heterocycles. The minimum absolute atomic E-state index is 0.594. The topological polar surface area (TPSA) is 40.2 Å². The van der Waals surface area contributed by atoms with Gasteiger partial charge < -0.3 is 15.5 Å². The molecule has 0 spiro atoms. The molecule has 0 aliphatic carbocycles. The van der Waals surface area contributed by atoms with Gasteiger partial charge in [-0.25, -0.2) is 4.98 Å². The number of rotatable bonds is 2. The average Bonchev–Trinajstić information content (AvgIpc) is 2.38. The summed E-state index contributed by atoms with van der Waals surface area (Å²) in [5, 5.41) is 7.75. The quantitative estimate of drug-likeness (QED) is 0.810. The van der Waals surface area contributed by atoms with Gasteiger partial charge in [0, 0.05) is 32.6 Å². The van der Waals surface area contributed by atoms with Crippen LogP contribution in [0.2, 0.25) is 0 Å². The Labute approximate surface area is 112 Å². The van der Waals surface area contributed by atoms with Gasteiger partial charge in [-0.1, -0.05) is 18.2 Å². The van der Waals surface area contributed by atoms with E-state index in [9.17, 15) is 0 Å². The lowest BCUT2D eigenvalue weighted by molar-refractivity contribution is 1.08. The Kier molecular flexibility index (Phi) is 3.62. The van der Waals surface area contributed by atoms with Crippen molar-refractivity contribution >= 4 is 39.7 Å².